The maximum absolute atomic E-state index is 12.5. The van der Waals surface area contributed by atoms with Gasteiger partial charge in [-0.3, -0.25) is 9.59 Å². The number of esters is 1. The van der Waals surface area contributed by atoms with E-state index in [1.54, 1.807) is 4.90 Å². The summed E-state index contributed by atoms with van der Waals surface area (Å²) in [6, 6.07) is 15.2. The first kappa shape index (κ1) is 16.3. The van der Waals surface area contributed by atoms with Crippen molar-refractivity contribution in [2.75, 3.05) is 18.1 Å². The van der Waals surface area contributed by atoms with Gasteiger partial charge in [0.1, 0.15) is 12.1 Å². The maximum Gasteiger partial charge on any atom is 0.328 e. The van der Waals surface area contributed by atoms with Crippen LogP contribution in [0.1, 0.15) is 12.0 Å². The van der Waals surface area contributed by atoms with Crippen LogP contribution in [0, 0.1) is 0 Å². The standard InChI is InChI=1S/C19H18N4O3/c24-18(22-11-5-7-14-6-1-3-9-16(14)22)13-26-19(25)12-23-17-10-4-2-8-15(17)20-21-23/h1-4,6,8-10H,5,7,11-13H2. The molecule has 0 spiro atoms. The third kappa shape index (κ3) is 3.15. The van der Waals surface area contributed by atoms with E-state index in [2.05, 4.69) is 10.3 Å². The molecule has 1 aromatic heterocycles. The Kier molecular flexibility index (Phi) is 4.35. The molecule has 26 heavy (non-hydrogen) atoms. The summed E-state index contributed by atoms with van der Waals surface area (Å²) in [5.41, 5.74) is 3.51. The predicted molar refractivity (Wildman–Crippen MR) is 95.6 cm³/mol. The van der Waals surface area contributed by atoms with Gasteiger partial charge in [0.15, 0.2) is 6.61 Å². The molecule has 1 aliphatic heterocycles. The summed E-state index contributed by atoms with van der Waals surface area (Å²) < 4.78 is 6.65. The van der Waals surface area contributed by atoms with Crippen LogP contribution >= 0.6 is 0 Å². The zero-order chi connectivity index (χ0) is 17.9. The first-order valence-corrected chi connectivity index (χ1v) is 8.54. The zero-order valence-corrected chi connectivity index (χ0v) is 14.2. The van der Waals surface area contributed by atoms with Crippen molar-refractivity contribution in [1.82, 2.24) is 15.0 Å². The lowest BCUT2D eigenvalue weighted by Gasteiger charge is -2.29. The third-order valence-corrected chi connectivity index (χ3v) is 4.47. The van der Waals surface area contributed by atoms with Crippen LogP contribution in [0.15, 0.2) is 48.5 Å². The highest BCUT2D eigenvalue weighted by atomic mass is 16.5. The van der Waals surface area contributed by atoms with Gasteiger partial charge in [-0.2, -0.15) is 0 Å². The van der Waals surface area contributed by atoms with Gasteiger partial charge in [0.05, 0.1) is 5.52 Å². The number of hydrogen-bond donors (Lipinski definition) is 0. The highest BCUT2D eigenvalue weighted by molar-refractivity contribution is 5.96. The molecule has 1 aliphatic rings. The Balaban J connectivity index is 1.38. The molecule has 3 aromatic rings. The highest BCUT2D eigenvalue weighted by Crippen LogP contribution is 2.26. The zero-order valence-electron chi connectivity index (χ0n) is 14.2. The number of rotatable bonds is 4. The van der Waals surface area contributed by atoms with Gasteiger partial charge < -0.3 is 9.64 Å². The monoisotopic (exact) mass is 350 g/mol. The average molecular weight is 350 g/mol. The van der Waals surface area contributed by atoms with E-state index in [0.717, 1.165) is 29.6 Å². The number of aromatic nitrogens is 3. The van der Waals surface area contributed by atoms with Crippen LogP contribution in [-0.4, -0.2) is 40.0 Å². The minimum absolute atomic E-state index is 0.0790. The van der Waals surface area contributed by atoms with Crippen molar-refractivity contribution in [3.8, 4) is 0 Å². The number of benzene rings is 2. The topological polar surface area (TPSA) is 77.3 Å². The first-order chi connectivity index (χ1) is 12.7. The second kappa shape index (κ2) is 6.95. The third-order valence-electron chi connectivity index (χ3n) is 4.47. The molecule has 0 saturated carbocycles. The van der Waals surface area contributed by atoms with Crippen LogP contribution in [0.3, 0.4) is 0 Å². The molecule has 132 valence electrons. The van der Waals surface area contributed by atoms with Crippen LogP contribution in [0.25, 0.3) is 11.0 Å². The number of aryl methyl sites for hydroxylation is 1. The molecule has 4 rings (SSSR count). The summed E-state index contributed by atoms with van der Waals surface area (Å²) in [4.78, 5) is 26.3. The van der Waals surface area contributed by atoms with Crippen LogP contribution in [0.5, 0.6) is 0 Å². The maximum atomic E-state index is 12.5. The van der Waals surface area contributed by atoms with Gasteiger partial charge in [-0.15, -0.1) is 5.10 Å². The van der Waals surface area contributed by atoms with Crippen LogP contribution < -0.4 is 4.90 Å². The molecule has 0 radical (unpaired) electrons. The highest BCUT2D eigenvalue weighted by Gasteiger charge is 2.23. The summed E-state index contributed by atoms with van der Waals surface area (Å²) in [6.07, 6.45) is 1.86. The van der Waals surface area contributed by atoms with Crippen molar-refractivity contribution < 1.29 is 14.3 Å². The summed E-state index contributed by atoms with van der Waals surface area (Å²) >= 11 is 0. The van der Waals surface area contributed by atoms with Crippen molar-refractivity contribution >= 4 is 28.6 Å². The molecular formula is C19H18N4O3. The number of amides is 1. The van der Waals surface area contributed by atoms with Crippen LogP contribution in [-0.2, 0) is 27.3 Å². The smallest absolute Gasteiger partial charge is 0.328 e. The molecule has 0 aliphatic carbocycles. The SMILES string of the molecule is O=C(Cn1nnc2ccccc21)OCC(=O)N1CCCc2ccccc21. The van der Waals surface area contributed by atoms with Gasteiger partial charge in [0.25, 0.3) is 5.91 Å². The fraction of sp³-hybridized carbons (Fsp3) is 0.263. The molecule has 7 nitrogen and oxygen atoms in total. The van der Waals surface area contributed by atoms with E-state index in [1.807, 2.05) is 48.5 Å². The van der Waals surface area contributed by atoms with E-state index in [9.17, 15) is 9.59 Å². The van der Waals surface area contributed by atoms with Crippen molar-refractivity contribution in [2.24, 2.45) is 0 Å². The van der Waals surface area contributed by atoms with E-state index < -0.39 is 5.97 Å². The lowest BCUT2D eigenvalue weighted by atomic mass is 10.0. The molecule has 0 saturated heterocycles. The minimum Gasteiger partial charge on any atom is -0.454 e. The number of anilines is 1. The molecule has 0 bridgehead atoms. The predicted octanol–water partition coefficient (Wildman–Crippen LogP) is 1.95. The number of ether oxygens (including phenoxy) is 1. The van der Waals surface area contributed by atoms with Gasteiger partial charge >= 0.3 is 5.97 Å². The Bertz CT molecular complexity index is 966. The lowest BCUT2D eigenvalue weighted by molar-refractivity contribution is -0.148. The van der Waals surface area contributed by atoms with Crippen molar-refractivity contribution in [3.63, 3.8) is 0 Å². The Hall–Kier alpha value is -3.22. The van der Waals surface area contributed by atoms with Crippen molar-refractivity contribution in [2.45, 2.75) is 19.4 Å². The van der Waals surface area contributed by atoms with Gasteiger partial charge in [-0.05, 0) is 36.6 Å². The number of fused-ring (bicyclic) bond motifs is 2. The van der Waals surface area contributed by atoms with Crippen molar-refractivity contribution in [1.29, 1.82) is 0 Å². The van der Waals surface area contributed by atoms with Crippen molar-refractivity contribution in [3.05, 3.63) is 54.1 Å². The molecule has 0 unspecified atom stereocenters. The largest absolute Gasteiger partial charge is 0.454 e. The summed E-state index contributed by atoms with van der Waals surface area (Å²) in [5.74, 6) is -0.728. The average Bonchev–Trinajstić information content (AvgIpc) is 3.08. The molecule has 2 heterocycles. The normalized spacial score (nSPS) is 13.5. The second-order valence-corrected chi connectivity index (χ2v) is 6.17. The second-order valence-electron chi connectivity index (χ2n) is 6.17. The first-order valence-electron chi connectivity index (χ1n) is 8.54. The van der Waals surface area contributed by atoms with E-state index in [0.29, 0.717) is 12.1 Å². The lowest BCUT2D eigenvalue weighted by Crippen LogP contribution is -2.38. The fourth-order valence-electron chi connectivity index (χ4n) is 3.21. The van der Waals surface area contributed by atoms with E-state index in [4.69, 9.17) is 4.74 Å². The van der Waals surface area contributed by atoms with Gasteiger partial charge in [0, 0.05) is 12.2 Å². The number of para-hydroxylation sites is 2. The Morgan fingerprint density at radius 3 is 2.81 bits per heavy atom. The van der Waals surface area contributed by atoms with Gasteiger partial charge in [-0.25, -0.2) is 4.68 Å². The molecule has 0 atom stereocenters. The van der Waals surface area contributed by atoms with E-state index in [-0.39, 0.29) is 19.1 Å². The summed E-state index contributed by atoms with van der Waals surface area (Å²) in [6.45, 7) is 0.283. The Morgan fingerprint density at radius 1 is 1.08 bits per heavy atom. The molecule has 2 aromatic carbocycles. The number of carbonyl (C=O) groups is 2. The summed E-state index contributed by atoms with van der Waals surface area (Å²) in [7, 11) is 0. The number of carbonyl (C=O) groups excluding carboxylic acids is 2. The Labute approximate surface area is 150 Å². The number of nitrogens with zero attached hydrogens (tertiary/aromatic N) is 4. The molecule has 0 N–H and O–H groups in total. The summed E-state index contributed by atoms with van der Waals surface area (Å²) in [5, 5.41) is 7.95. The molecule has 0 fully saturated rings. The van der Waals surface area contributed by atoms with E-state index >= 15 is 0 Å². The van der Waals surface area contributed by atoms with Crippen LogP contribution in [0.2, 0.25) is 0 Å². The number of hydrogen-bond acceptors (Lipinski definition) is 5. The van der Waals surface area contributed by atoms with Gasteiger partial charge in [0.2, 0.25) is 0 Å². The van der Waals surface area contributed by atoms with Gasteiger partial charge in [-0.1, -0.05) is 35.5 Å². The molecule has 7 heteroatoms. The fourth-order valence-corrected chi connectivity index (χ4v) is 3.21. The molecule has 1 amide bonds. The minimum atomic E-state index is -0.515. The molecular weight excluding hydrogens is 332 g/mol. The Morgan fingerprint density at radius 2 is 1.88 bits per heavy atom. The quantitative estimate of drug-likeness (QED) is 0.672. The van der Waals surface area contributed by atoms with Crippen LogP contribution in [0.4, 0.5) is 5.69 Å². The van der Waals surface area contributed by atoms with E-state index in [1.165, 1.54) is 4.68 Å².